The number of urea groups is 1. The molecule has 0 radical (unpaired) electrons. The van der Waals surface area contributed by atoms with Crippen molar-refractivity contribution in [1.29, 1.82) is 0 Å². The quantitative estimate of drug-likeness (QED) is 0.843. The number of rotatable bonds is 5. The third-order valence-electron chi connectivity index (χ3n) is 2.95. The van der Waals surface area contributed by atoms with Gasteiger partial charge in [-0.15, -0.1) is 0 Å². The molecule has 1 heterocycles. The molecule has 0 aliphatic heterocycles. The Bertz CT molecular complexity index is 448. The van der Waals surface area contributed by atoms with Crippen molar-refractivity contribution >= 4 is 11.9 Å². The number of amides is 3. The molecule has 1 atom stereocenters. The molecule has 6 heteroatoms. The lowest BCUT2D eigenvalue weighted by atomic mass is 10.0. The molecular weight excluding hydrogens is 256 g/mol. The SMILES string of the molecule is CNC(=O)C(NC(=O)N(C)Cc1ccccn1)C(C)C. The molecule has 0 bridgehead atoms. The van der Waals surface area contributed by atoms with Crippen molar-refractivity contribution in [2.45, 2.75) is 26.4 Å². The molecule has 0 aliphatic carbocycles. The van der Waals surface area contributed by atoms with Crippen LogP contribution in [0.4, 0.5) is 4.79 Å². The Morgan fingerprint density at radius 2 is 2.05 bits per heavy atom. The molecule has 20 heavy (non-hydrogen) atoms. The van der Waals surface area contributed by atoms with Crippen molar-refractivity contribution in [3.8, 4) is 0 Å². The Morgan fingerprint density at radius 1 is 1.35 bits per heavy atom. The van der Waals surface area contributed by atoms with Crippen LogP contribution in [0.5, 0.6) is 0 Å². The van der Waals surface area contributed by atoms with Crippen LogP contribution in [0, 0.1) is 5.92 Å². The van der Waals surface area contributed by atoms with Crippen molar-refractivity contribution in [2.75, 3.05) is 14.1 Å². The van der Waals surface area contributed by atoms with Crippen LogP contribution in [0.3, 0.4) is 0 Å². The van der Waals surface area contributed by atoms with Crippen molar-refractivity contribution in [3.63, 3.8) is 0 Å². The van der Waals surface area contributed by atoms with Crippen molar-refractivity contribution in [2.24, 2.45) is 5.92 Å². The summed E-state index contributed by atoms with van der Waals surface area (Å²) < 4.78 is 0. The summed E-state index contributed by atoms with van der Waals surface area (Å²) in [6.45, 7) is 4.17. The molecule has 2 N–H and O–H groups in total. The highest BCUT2D eigenvalue weighted by molar-refractivity contribution is 5.87. The summed E-state index contributed by atoms with van der Waals surface area (Å²) in [5.41, 5.74) is 0.797. The summed E-state index contributed by atoms with van der Waals surface area (Å²) in [4.78, 5) is 29.5. The predicted molar refractivity (Wildman–Crippen MR) is 76.9 cm³/mol. The summed E-state index contributed by atoms with van der Waals surface area (Å²) >= 11 is 0. The Kier molecular flexibility index (Phi) is 5.96. The van der Waals surface area contributed by atoms with Crippen LogP contribution in [0.15, 0.2) is 24.4 Å². The molecular formula is C14H22N4O2. The number of carbonyl (C=O) groups excluding carboxylic acids is 2. The standard InChI is InChI=1S/C14H22N4O2/c1-10(2)12(13(19)15-3)17-14(20)18(4)9-11-7-5-6-8-16-11/h5-8,10,12H,9H2,1-4H3,(H,15,19)(H,17,20). The first-order chi connectivity index (χ1) is 9.45. The van der Waals surface area contributed by atoms with Gasteiger partial charge in [-0.05, 0) is 18.1 Å². The predicted octanol–water partition coefficient (Wildman–Crippen LogP) is 0.994. The Morgan fingerprint density at radius 3 is 2.55 bits per heavy atom. The van der Waals surface area contributed by atoms with Gasteiger partial charge in [-0.2, -0.15) is 0 Å². The van der Waals surface area contributed by atoms with Crippen molar-refractivity contribution < 1.29 is 9.59 Å². The second-order valence-corrected chi connectivity index (χ2v) is 4.96. The molecule has 0 saturated carbocycles. The van der Waals surface area contributed by atoms with E-state index < -0.39 is 6.04 Å². The van der Waals surface area contributed by atoms with Crippen molar-refractivity contribution in [1.82, 2.24) is 20.5 Å². The van der Waals surface area contributed by atoms with Crippen molar-refractivity contribution in [3.05, 3.63) is 30.1 Å². The molecule has 0 saturated heterocycles. The van der Waals surface area contributed by atoms with Crippen LogP contribution in [0.25, 0.3) is 0 Å². The van der Waals surface area contributed by atoms with E-state index in [2.05, 4.69) is 15.6 Å². The van der Waals surface area contributed by atoms with Gasteiger partial charge in [0.2, 0.25) is 5.91 Å². The van der Waals surface area contributed by atoms with E-state index in [4.69, 9.17) is 0 Å². The number of pyridine rings is 1. The fraction of sp³-hybridized carbons (Fsp3) is 0.500. The molecule has 1 unspecified atom stereocenters. The number of aromatic nitrogens is 1. The first-order valence-electron chi connectivity index (χ1n) is 6.58. The van der Waals surface area contributed by atoms with Gasteiger partial charge in [-0.3, -0.25) is 9.78 Å². The first-order valence-corrected chi connectivity index (χ1v) is 6.58. The van der Waals surface area contributed by atoms with Crippen LogP contribution in [0.1, 0.15) is 19.5 Å². The van der Waals surface area contributed by atoms with E-state index >= 15 is 0 Å². The molecule has 0 fully saturated rings. The van der Waals surface area contributed by atoms with Gasteiger partial charge in [-0.1, -0.05) is 19.9 Å². The van der Waals surface area contributed by atoms with Gasteiger partial charge in [0.05, 0.1) is 12.2 Å². The molecule has 110 valence electrons. The maximum absolute atomic E-state index is 12.1. The second-order valence-electron chi connectivity index (χ2n) is 4.96. The van der Waals surface area contributed by atoms with E-state index in [9.17, 15) is 9.59 Å². The van der Waals surface area contributed by atoms with Crippen LogP contribution in [-0.4, -0.2) is 42.0 Å². The molecule has 6 nitrogen and oxygen atoms in total. The average Bonchev–Trinajstić information content (AvgIpc) is 2.44. The van der Waals surface area contributed by atoms with Gasteiger partial charge >= 0.3 is 6.03 Å². The zero-order chi connectivity index (χ0) is 15.1. The topological polar surface area (TPSA) is 74.3 Å². The number of hydrogen-bond donors (Lipinski definition) is 2. The van der Waals surface area contributed by atoms with Crippen LogP contribution in [0.2, 0.25) is 0 Å². The Hall–Kier alpha value is -2.11. The highest BCUT2D eigenvalue weighted by Crippen LogP contribution is 2.04. The lowest BCUT2D eigenvalue weighted by Crippen LogP contribution is -2.52. The third-order valence-corrected chi connectivity index (χ3v) is 2.95. The van der Waals surface area contributed by atoms with E-state index in [0.29, 0.717) is 6.54 Å². The summed E-state index contributed by atoms with van der Waals surface area (Å²) in [5, 5.41) is 5.29. The minimum absolute atomic E-state index is 0.0159. The van der Waals surface area contributed by atoms with Gasteiger partial charge in [0.25, 0.3) is 0 Å². The van der Waals surface area contributed by atoms with E-state index in [0.717, 1.165) is 5.69 Å². The monoisotopic (exact) mass is 278 g/mol. The fourth-order valence-electron chi connectivity index (χ4n) is 1.74. The summed E-state index contributed by atoms with van der Waals surface area (Å²) in [6, 6.07) is 4.71. The molecule has 0 spiro atoms. The van der Waals surface area contributed by atoms with E-state index in [1.807, 2.05) is 32.0 Å². The molecule has 1 rings (SSSR count). The smallest absolute Gasteiger partial charge is 0.318 e. The minimum atomic E-state index is -0.543. The van der Waals surface area contributed by atoms with Gasteiger partial charge < -0.3 is 15.5 Å². The van der Waals surface area contributed by atoms with Gasteiger partial charge in [-0.25, -0.2) is 4.79 Å². The molecule has 1 aromatic rings. The fourth-order valence-corrected chi connectivity index (χ4v) is 1.74. The minimum Gasteiger partial charge on any atom is -0.357 e. The van der Waals surface area contributed by atoms with Crippen LogP contribution >= 0.6 is 0 Å². The van der Waals surface area contributed by atoms with E-state index in [1.54, 1.807) is 20.3 Å². The number of nitrogens with zero attached hydrogens (tertiary/aromatic N) is 2. The first kappa shape index (κ1) is 15.9. The van der Waals surface area contributed by atoms with Crippen LogP contribution in [-0.2, 0) is 11.3 Å². The van der Waals surface area contributed by atoms with E-state index in [1.165, 1.54) is 4.90 Å². The summed E-state index contributed by atoms with van der Waals surface area (Å²) in [6.07, 6.45) is 1.68. The number of nitrogens with one attached hydrogen (secondary N) is 2. The molecule has 3 amide bonds. The van der Waals surface area contributed by atoms with Gasteiger partial charge in [0, 0.05) is 20.3 Å². The lowest BCUT2D eigenvalue weighted by molar-refractivity contribution is -0.123. The average molecular weight is 278 g/mol. The highest BCUT2D eigenvalue weighted by atomic mass is 16.2. The maximum atomic E-state index is 12.1. The Balaban J connectivity index is 2.62. The van der Waals surface area contributed by atoms with E-state index in [-0.39, 0.29) is 17.9 Å². The molecule has 0 aromatic carbocycles. The highest BCUT2D eigenvalue weighted by Gasteiger charge is 2.24. The zero-order valence-corrected chi connectivity index (χ0v) is 12.4. The summed E-state index contributed by atoms with van der Waals surface area (Å²) in [5.74, 6) is -0.179. The number of hydrogen-bond acceptors (Lipinski definition) is 3. The lowest BCUT2D eigenvalue weighted by Gasteiger charge is -2.24. The second kappa shape index (κ2) is 7.47. The number of carbonyl (C=O) groups is 2. The van der Waals surface area contributed by atoms with Crippen LogP contribution < -0.4 is 10.6 Å². The normalized spacial score (nSPS) is 11.8. The Labute approximate surface area is 119 Å². The third kappa shape index (κ3) is 4.53. The molecule has 0 aliphatic rings. The zero-order valence-electron chi connectivity index (χ0n) is 12.4. The van der Waals surface area contributed by atoms with Gasteiger partial charge in [0.15, 0.2) is 0 Å². The largest absolute Gasteiger partial charge is 0.357 e. The molecule has 1 aromatic heterocycles. The maximum Gasteiger partial charge on any atom is 0.318 e. The number of likely N-dealkylation sites (N-methyl/N-ethyl adjacent to an activating group) is 1. The van der Waals surface area contributed by atoms with Gasteiger partial charge in [0.1, 0.15) is 6.04 Å². The summed E-state index contributed by atoms with van der Waals surface area (Å²) in [7, 11) is 3.23.